The van der Waals surface area contributed by atoms with Crippen LogP contribution in [0.25, 0.3) is 0 Å². The van der Waals surface area contributed by atoms with Crippen molar-refractivity contribution in [3.05, 3.63) is 64.7 Å². The number of nitrogens with one attached hydrogen (secondary N) is 1. The largest absolute Gasteiger partial charge is 0.355 e. The fraction of sp³-hybridized carbons (Fsp3) is 0.440. The highest BCUT2D eigenvalue weighted by Crippen LogP contribution is 2.25. The minimum absolute atomic E-state index is 0.209. The van der Waals surface area contributed by atoms with Gasteiger partial charge in [0.1, 0.15) is 12.6 Å². The first-order chi connectivity index (χ1) is 15.5. The van der Waals surface area contributed by atoms with E-state index < -0.39 is 22.0 Å². The van der Waals surface area contributed by atoms with Gasteiger partial charge in [-0.25, -0.2) is 8.42 Å². The van der Waals surface area contributed by atoms with Gasteiger partial charge in [0, 0.05) is 13.1 Å². The summed E-state index contributed by atoms with van der Waals surface area (Å²) >= 11 is 0. The predicted molar refractivity (Wildman–Crippen MR) is 133 cm³/mol. The second kappa shape index (κ2) is 11.3. The molecule has 2 rings (SSSR count). The zero-order valence-corrected chi connectivity index (χ0v) is 21.2. The SMILES string of the molecule is CCNC(=O)[C@@H](CC)N(Cc1cccc(C)c1)C(=O)CN(c1cc(C)ccc1C)S(C)(=O)=O. The number of aryl methyl sites for hydroxylation is 3. The van der Waals surface area contributed by atoms with E-state index in [0.29, 0.717) is 18.7 Å². The Labute approximate surface area is 197 Å². The smallest absolute Gasteiger partial charge is 0.244 e. The van der Waals surface area contributed by atoms with Crippen LogP contribution < -0.4 is 9.62 Å². The Kier molecular flexibility index (Phi) is 9.05. The van der Waals surface area contributed by atoms with Crippen LogP contribution in [0, 0.1) is 20.8 Å². The van der Waals surface area contributed by atoms with E-state index in [1.54, 1.807) is 6.07 Å². The van der Waals surface area contributed by atoms with Gasteiger partial charge in [0.25, 0.3) is 0 Å². The maximum absolute atomic E-state index is 13.6. The summed E-state index contributed by atoms with van der Waals surface area (Å²) in [5, 5.41) is 2.80. The third kappa shape index (κ3) is 7.05. The van der Waals surface area contributed by atoms with E-state index in [-0.39, 0.29) is 19.0 Å². The van der Waals surface area contributed by atoms with Crippen molar-refractivity contribution in [1.29, 1.82) is 0 Å². The third-order valence-corrected chi connectivity index (χ3v) is 6.61. The van der Waals surface area contributed by atoms with Crippen LogP contribution in [0.3, 0.4) is 0 Å². The van der Waals surface area contributed by atoms with E-state index in [2.05, 4.69) is 5.32 Å². The molecule has 0 radical (unpaired) electrons. The molecule has 33 heavy (non-hydrogen) atoms. The standard InChI is InChI=1S/C25H35N3O4S/c1-7-22(25(30)26-8-2)27(16-21-11-9-10-18(3)14-21)24(29)17-28(33(6,31)32)23-15-19(4)12-13-20(23)5/h9-15,22H,7-8,16-17H2,1-6H3,(H,26,30)/t22-/m1/s1. The van der Waals surface area contributed by atoms with Crippen LogP contribution >= 0.6 is 0 Å². The zero-order chi connectivity index (χ0) is 24.8. The summed E-state index contributed by atoms with van der Waals surface area (Å²) in [5.41, 5.74) is 4.03. The molecule has 0 unspecified atom stereocenters. The summed E-state index contributed by atoms with van der Waals surface area (Å²) in [4.78, 5) is 27.9. The molecule has 0 heterocycles. The van der Waals surface area contributed by atoms with Crippen LogP contribution in [0.15, 0.2) is 42.5 Å². The summed E-state index contributed by atoms with van der Waals surface area (Å²) < 4.78 is 26.5. The molecule has 0 spiro atoms. The van der Waals surface area contributed by atoms with Crippen molar-refractivity contribution in [1.82, 2.24) is 10.2 Å². The van der Waals surface area contributed by atoms with Gasteiger partial charge in [0.05, 0.1) is 11.9 Å². The first-order valence-electron chi connectivity index (χ1n) is 11.2. The fourth-order valence-electron chi connectivity index (χ4n) is 3.80. The number of rotatable bonds is 10. The monoisotopic (exact) mass is 473 g/mol. The molecule has 0 aliphatic carbocycles. The molecule has 0 bridgehead atoms. The number of anilines is 1. The number of carbonyl (C=O) groups excluding carboxylic acids is 2. The van der Waals surface area contributed by atoms with Gasteiger partial charge in [0.15, 0.2) is 0 Å². The molecule has 7 nitrogen and oxygen atoms in total. The molecule has 2 amide bonds. The van der Waals surface area contributed by atoms with Gasteiger partial charge in [-0.3, -0.25) is 13.9 Å². The lowest BCUT2D eigenvalue weighted by atomic mass is 10.1. The topological polar surface area (TPSA) is 86.8 Å². The van der Waals surface area contributed by atoms with E-state index in [0.717, 1.165) is 32.8 Å². The number of benzene rings is 2. The average molecular weight is 474 g/mol. The van der Waals surface area contributed by atoms with Crippen molar-refractivity contribution >= 4 is 27.5 Å². The lowest BCUT2D eigenvalue weighted by Crippen LogP contribution is -2.52. The molecule has 2 aromatic carbocycles. The molecule has 0 saturated carbocycles. The van der Waals surface area contributed by atoms with E-state index >= 15 is 0 Å². The molecule has 0 aromatic heterocycles. The molecule has 0 fully saturated rings. The second-order valence-electron chi connectivity index (χ2n) is 8.39. The van der Waals surface area contributed by atoms with Crippen molar-refractivity contribution in [3.63, 3.8) is 0 Å². The lowest BCUT2D eigenvalue weighted by Gasteiger charge is -2.33. The zero-order valence-electron chi connectivity index (χ0n) is 20.4. The molecular weight excluding hydrogens is 438 g/mol. The van der Waals surface area contributed by atoms with Crippen molar-refractivity contribution in [2.45, 2.75) is 53.6 Å². The molecular formula is C25H35N3O4S. The number of sulfonamides is 1. The molecule has 180 valence electrons. The van der Waals surface area contributed by atoms with E-state index in [1.165, 1.54) is 4.90 Å². The maximum atomic E-state index is 13.6. The van der Waals surface area contributed by atoms with Gasteiger partial charge in [-0.05, 0) is 56.9 Å². The molecule has 0 aliphatic heterocycles. The van der Waals surface area contributed by atoms with E-state index in [4.69, 9.17) is 0 Å². The lowest BCUT2D eigenvalue weighted by molar-refractivity contribution is -0.140. The third-order valence-electron chi connectivity index (χ3n) is 5.48. The molecule has 1 atom stereocenters. The minimum Gasteiger partial charge on any atom is -0.355 e. The van der Waals surface area contributed by atoms with E-state index in [9.17, 15) is 18.0 Å². The van der Waals surface area contributed by atoms with Gasteiger partial charge in [-0.1, -0.05) is 48.9 Å². The molecule has 2 aromatic rings. The van der Waals surface area contributed by atoms with Crippen molar-refractivity contribution in [2.24, 2.45) is 0 Å². The van der Waals surface area contributed by atoms with Gasteiger partial charge >= 0.3 is 0 Å². The Hall–Kier alpha value is -2.87. The number of likely N-dealkylation sites (N-methyl/N-ethyl adjacent to an activating group) is 1. The van der Waals surface area contributed by atoms with Crippen molar-refractivity contribution in [2.75, 3.05) is 23.7 Å². The molecule has 8 heteroatoms. The number of hydrogen-bond acceptors (Lipinski definition) is 4. The van der Waals surface area contributed by atoms with Crippen LogP contribution in [0.1, 0.15) is 42.5 Å². The predicted octanol–water partition coefficient (Wildman–Crippen LogP) is 3.32. The Bertz CT molecular complexity index is 1100. The highest BCUT2D eigenvalue weighted by Gasteiger charge is 2.31. The summed E-state index contributed by atoms with van der Waals surface area (Å²) in [6, 6.07) is 12.5. The summed E-state index contributed by atoms with van der Waals surface area (Å²) in [6.45, 7) is 9.58. The summed E-state index contributed by atoms with van der Waals surface area (Å²) in [6.07, 6.45) is 1.50. The van der Waals surface area contributed by atoms with Crippen LogP contribution in [-0.4, -0.2) is 50.5 Å². The van der Waals surface area contributed by atoms with Gasteiger partial charge in [-0.15, -0.1) is 0 Å². The van der Waals surface area contributed by atoms with Crippen LogP contribution in [0.5, 0.6) is 0 Å². The molecule has 0 saturated heterocycles. The normalized spacial score (nSPS) is 12.2. The Balaban J connectivity index is 2.48. The fourth-order valence-corrected chi connectivity index (χ4v) is 4.70. The van der Waals surface area contributed by atoms with Crippen LogP contribution in [0.2, 0.25) is 0 Å². The number of nitrogens with zero attached hydrogens (tertiary/aromatic N) is 2. The second-order valence-corrected chi connectivity index (χ2v) is 10.3. The average Bonchev–Trinajstić information content (AvgIpc) is 2.73. The number of amides is 2. The van der Waals surface area contributed by atoms with Gasteiger partial charge < -0.3 is 10.2 Å². The quantitative estimate of drug-likeness (QED) is 0.574. The minimum atomic E-state index is -3.74. The summed E-state index contributed by atoms with van der Waals surface area (Å²) in [7, 11) is -3.74. The van der Waals surface area contributed by atoms with Gasteiger partial charge in [-0.2, -0.15) is 0 Å². The Morgan fingerprint density at radius 3 is 2.24 bits per heavy atom. The van der Waals surface area contributed by atoms with Crippen LogP contribution in [0.4, 0.5) is 5.69 Å². The van der Waals surface area contributed by atoms with Crippen LogP contribution in [-0.2, 0) is 26.2 Å². The van der Waals surface area contributed by atoms with Crippen molar-refractivity contribution < 1.29 is 18.0 Å². The highest BCUT2D eigenvalue weighted by molar-refractivity contribution is 7.92. The maximum Gasteiger partial charge on any atom is 0.244 e. The number of hydrogen-bond donors (Lipinski definition) is 1. The van der Waals surface area contributed by atoms with Crippen molar-refractivity contribution in [3.8, 4) is 0 Å². The Morgan fingerprint density at radius 2 is 1.67 bits per heavy atom. The number of carbonyl (C=O) groups is 2. The highest BCUT2D eigenvalue weighted by atomic mass is 32.2. The molecule has 0 aliphatic rings. The summed E-state index contributed by atoms with van der Waals surface area (Å²) in [5.74, 6) is -0.681. The van der Waals surface area contributed by atoms with Gasteiger partial charge in [0.2, 0.25) is 21.8 Å². The Morgan fingerprint density at radius 1 is 1.00 bits per heavy atom. The molecule has 1 N–H and O–H groups in total. The first-order valence-corrected chi connectivity index (χ1v) is 13.0. The first kappa shape index (κ1) is 26.4. The van der Waals surface area contributed by atoms with E-state index in [1.807, 2.05) is 71.0 Å².